The zero-order valence-electron chi connectivity index (χ0n) is 42.9. The zero-order chi connectivity index (χ0) is 52.1. The Bertz CT molecular complexity index is 2890. The zero-order valence-corrected chi connectivity index (χ0v) is 43.8. The fourth-order valence-electron chi connectivity index (χ4n) is 10.1. The van der Waals surface area contributed by atoms with Crippen molar-refractivity contribution in [2.24, 2.45) is 5.41 Å². The quantitative estimate of drug-likeness (QED) is 0.0884. The van der Waals surface area contributed by atoms with Crippen LogP contribution in [0.15, 0.2) is 59.1 Å². The molecule has 1 aromatic carbocycles. The number of β-amino-alcohol motifs (C(OH)–C–C–N with tert-alkyl or cyclic N) is 1. The number of carbonyl (C=O) groups is 5. The molecule has 4 amide bonds. The molecule has 2 saturated heterocycles. The summed E-state index contributed by atoms with van der Waals surface area (Å²) in [5, 5.41) is 20.4. The van der Waals surface area contributed by atoms with Crippen molar-refractivity contribution in [1.82, 2.24) is 49.8 Å². The highest BCUT2D eigenvalue weighted by molar-refractivity contribution is 7.13. The second kappa shape index (κ2) is 22.6. The van der Waals surface area contributed by atoms with E-state index < -0.39 is 29.5 Å². The minimum absolute atomic E-state index is 0.0143. The molecule has 3 fully saturated rings. The summed E-state index contributed by atoms with van der Waals surface area (Å²) in [5.41, 5.74) is 5.91. The number of benzene rings is 1. The van der Waals surface area contributed by atoms with E-state index in [4.69, 9.17) is 4.98 Å². The predicted octanol–water partition coefficient (Wildman–Crippen LogP) is 5.16. The van der Waals surface area contributed by atoms with E-state index in [1.54, 1.807) is 35.2 Å². The van der Waals surface area contributed by atoms with Crippen molar-refractivity contribution >= 4 is 69.2 Å². The van der Waals surface area contributed by atoms with Crippen LogP contribution in [0.25, 0.3) is 21.5 Å². The maximum atomic E-state index is 14.1. The molecule has 0 spiro atoms. The lowest BCUT2D eigenvalue weighted by molar-refractivity contribution is -0.144. The first kappa shape index (κ1) is 52.7. The number of amides is 4. The van der Waals surface area contributed by atoms with Crippen LogP contribution in [0.5, 0.6) is 0 Å². The number of Topliss-reactive ketones (excluding diaryl/α,β-unsaturated/α-hetero) is 1. The van der Waals surface area contributed by atoms with Crippen LogP contribution in [-0.2, 0) is 25.7 Å². The third-order valence-electron chi connectivity index (χ3n) is 14.4. The number of aryl methyl sites for hydroxylation is 2. The maximum Gasteiger partial charge on any atom is 0.263 e. The average molecular weight is 1020 g/mol. The minimum atomic E-state index is -0.942. The third kappa shape index (κ3) is 12.2. The topological polar surface area (TPSA) is 228 Å². The van der Waals surface area contributed by atoms with Gasteiger partial charge in [-0.15, -0.1) is 11.3 Å². The molecule has 1 aliphatic carbocycles. The lowest BCUT2D eigenvalue weighted by atomic mass is 9.85. The highest BCUT2D eigenvalue weighted by atomic mass is 32.1. The van der Waals surface area contributed by atoms with Gasteiger partial charge in [0.05, 0.1) is 39.6 Å². The number of likely N-dealkylation sites (tertiary alicyclic amines) is 1. The van der Waals surface area contributed by atoms with Crippen LogP contribution < -0.4 is 26.4 Å². The Morgan fingerprint density at radius 2 is 1.63 bits per heavy atom. The van der Waals surface area contributed by atoms with Gasteiger partial charge in [-0.3, -0.25) is 33.3 Å². The summed E-state index contributed by atoms with van der Waals surface area (Å²) in [5.74, 6) is -0.529. The number of aromatic nitrogens is 5. The van der Waals surface area contributed by atoms with Gasteiger partial charge in [-0.2, -0.15) is 4.98 Å². The average Bonchev–Trinajstić information content (AvgIpc) is 4.15. The SMILES string of the molecule is CC(=O)c1c(C)c2cnc(Nc3ccc(N4CCN(C(=O)CCN(C)CCC(=O)N[C@H](C(=O)N5C[C@H](O)C[C@H]5C(=O)NCc5ccc(-c6scnc6C)cc5)C(C)(C)C)CC4)cn3)nc2n(C2CCCC2)c1=O. The number of rotatable bonds is 17. The summed E-state index contributed by atoms with van der Waals surface area (Å²) in [6.45, 7) is 14.1. The Morgan fingerprint density at radius 3 is 2.27 bits per heavy atom. The normalized spacial score (nSPS) is 17.8. The van der Waals surface area contributed by atoms with E-state index >= 15 is 0 Å². The lowest BCUT2D eigenvalue weighted by Gasteiger charge is -2.36. The summed E-state index contributed by atoms with van der Waals surface area (Å²) in [7, 11) is 1.86. The summed E-state index contributed by atoms with van der Waals surface area (Å²) < 4.78 is 1.69. The molecule has 20 heteroatoms. The van der Waals surface area contributed by atoms with Gasteiger partial charge < -0.3 is 40.7 Å². The molecule has 0 bridgehead atoms. The molecule has 3 atom stereocenters. The molecule has 3 aliphatic rings. The highest BCUT2D eigenvalue weighted by Gasteiger charge is 2.44. The third-order valence-corrected chi connectivity index (χ3v) is 15.4. The van der Waals surface area contributed by atoms with Crippen LogP contribution >= 0.6 is 11.3 Å². The fourth-order valence-corrected chi connectivity index (χ4v) is 11.0. The van der Waals surface area contributed by atoms with E-state index in [1.165, 1.54) is 11.8 Å². The monoisotopic (exact) mass is 1020 g/mol. The Morgan fingerprint density at radius 1 is 0.918 bits per heavy atom. The summed E-state index contributed by atoms with van der Waals surface area (Å²) in [6.07, 6.45) is 6.77. The summed E-state index contributed by atoms with van der Waals surface area (Å²) in [4.78, 5) is 107. The van der Waals surface area contributed by atoms with Crippen LogP contribution in [0.4, 0.5) is 17.5 Å². The number of nitrogens with zero attached hydrogens (tertiary/aromatic N) is 9. The Kier molecular flexibility index (Phi) is 16.3. The van der Waals surface area contributed by atoms with Gasteiger partial charge in [0.15, 0.2) is 5.78 Å². The second-order valence-corrected chi connectivity index (χ2v) is 21.6. The van der Waals surface area contributed by atoms with E-state index in [-0.39, 0.29) is 73.0 Å². The number of thiazole rings is 1. The number of nitrogens with one attached hydrogen (secondary N) is 3. The predicted molar refractivity (Wildman–Crippen MR) is 281 cm³/mol. The molecule has 6 heterocycles. The summed E-state index contributed by atoms with van der Waals surface area (Å²) >= 11 is 1.57. The largest absolute Gasteiger partial charge is 0.391 e. The van der Waals surface area contributed by atoms with Crippen LogP contribution in [0.1, 0.15) is 106 Å². The van der Waals surface area contributed by atoms with E-state index in [0.717, 1.165) is 53.1 Å². The van der Waals surface area contributed by atoms with Crippen molar-refractivity contribution in [3.63, 3.8) is 0 Å². The van der Waals surface area contributed by atoms with Gasteiger partial charge in [0.2, 0.25) is 29.6 Å². The fraction of sp³-hybridized carbons (Fsp3) is 0.509. The van der Waals surface area contributed by atoms with Crippen molar-refractivity contribution in [1.29, 1.82) is 0 Å². The van der Waals surface area contributed by atoms with Crippen molar-refractivity contribution < 1.29 is 29.1 Å². The molecule has 5 aromatic rings. The van der Waals surface area contributed by atoms with Crippen molar-refractivity contribution in [2.45, 2.75) is 117 Å². The summed E-state index contributed by atoms with van der Waals surface area (Å²) in [6, 6.07) is 9.82. The number of fused-ring (bicyclic) bond motifs is 1. The first-order valence-electron chi connectivity index (χ1n) is 25.3. The highest BCUT2D eigenvalue weighted by Crippen LogP contribution is 2.33. The maximum absolute atomic E-state index is 14.1. The number of piperazine rings is 1. The van der Waals surface area contributed by atoms with E-state index in [9.17, 15) is 33.9 Å². The van der Waals surface area contributed by atoms with Crippen molar-refractivity contribution in [2.75, 3.05) is 63.1 Å². The van der Waals surface area contributed by atoms with Gasteiger partial charge in [-0.1, -0.05) is 57.9 Å². The first-order chi connectivity index (χ1) is 34.9. The molecule has 0 unspecified atom stereocenters. The molecular weight excluding hydrogens is 949 g/mol. The van der Waals surface area contributed by atoms with Crippen LogP contribution in [-0.4, -0.2) is 145 Å². The van der Waals surface area contributed by atoms with Gasteiger partial charge in [-0.25, -0.2) is 15.0 Å². The van der Waals surface area contributed by atoms with Crippen molar-refractivity contribution in [3.8, 4) is 10.4 Å². The minimum Gasteiger partial charge on any atom is -0.391 e. The molecule has 4 aromatic heterocycles. The number of aliphatic hydroxyl groups excluding tert-OH is 1. The number of anilines is 3. The Labute approximate surface area is 429 Å². The molecule has 19 nitrogen and oxygen atoms in total. The number of hydrogen-bond donors (Lipinski definition) is 4. The van der Waals surface area contributed by atoms with E-state index in [0.29, 0.717) is 67.6 Å². The van der Waals surface area contributed by atoms with Crippen LogP contribution in [0.3, 0.4) is 0 Å². The van der Waals surface area contributed by atoms with Gasteiger partial charge in [-0.05, 0) is 74.9 Å². The number of aliphatic hydroxyl groups is 1. The van der Waals surface area contributed by atoms with E-state index in [2.05, 4.69) is 35.8 Å². The van der Waals surface area contributed by atoms with Gasteiger partial charge in [0.1, 0.15) is 23.5 Å². The van der Waals surface area contributed by atoms with Crippen LogP contribution in [0, 0.1) is 19.3 Å². The molecule has 73 heavy (non-hydrogen) atoms. The van der Waals surface area contributed by atoms with Gasteiger partial charge in [0.25, 0.3) is 5.56 Å². The Balaban J connectivity index is 0.774. The van der Waals surface area contributed by atoms with Gasteiger partial charge >= 0.3 is 0 Å². The Hall–Kier alpha value is -6.64. The van der Waals surface area contributed by atoms with Crippen molar-refractivity contribution in [3.05, 3.63) is 87.0 Å². The van der Waals surface area contributed by atoms with Gasteiger partial charge in [0, 0.05) is 89.2 Å². The smallest absolute Gasteiger partial charge is 0.263 e. The number of hydrogen-bond acceptors (Lipinski definition) is 15. The molecule has 1 saturated carbocycles. The number of pyridine rings is 2. The first-order valence-corrected chi connectivity index (χ1v) is 26.2. The molecule has 4 N–H and O–H groups in total. The number of ketones is 1. The van der Waals surface area contributed by atoms with E-state index in [1.807, 2.05) is 86.5 Å². The molecular formula is C53H68N12O7S. The van der Waals surface area contributed by atoms with Crippen LogP contribution in [0.2, 0.25) is 0 Å². The molecule has 0 radical (unpaired) electrons. The second-order valence-electron chi connectivity index (χ2n) is 20.7. The molecule has 8 rings (SSSR count). The molecule has 388 valence electrons. The standard InChI is InChI=1S/C53H68N12O7S/c1-32-40-29-56-52(60-48(40)65(37-10-8-9-11-37)50(71)45(32)34(3)66)58-42-17-16-38(28-54-42)62-22-24-63(25-23-62)44(69)19-21-61(7)20-18-43(68)59-47(53(4,5)6)51(72)64-30-39(67)26-41(64)49(70)55-27-35-12-14-36(15-13-35)46-33(2)57-31-73-46/h12-17,28-29,31,37,39,41,47,67H,8-11,18-27,30H2,1-7H3,(H,55,70)(H,59,68)(H,54,56,58,60)/t39-,41+,47-/m1/s1. The number of carbonyl (C=O) groups excluding carboxylic acids is 5. The lowest BCUT2D eigenvalue weighted by Crippen LogP contribution is -2.57. The molecule has 2 aliphatic heterocycles.